The fourth-order valence-corrected chi connectivity index (χ4v) is 2.87. The molecule has 0 saturated heterocycles. The molecule has 2 aromatic rings. The molecule has 19 heavy (non-hydrogen) atoms. The molecule has 0 saturated carbocycles. The van der Waals surface area contributed by atoms with Gasteiger partial charge in [-0.1, -0.05) is 18.2 Å². The summed E-state index contributed by atoms with van der Waals surface area (Å²) < 4.78 is 0. The second-order valence-corrected chi connectivity index (χ2v) is 5.48. The normalized spacial score (nSPS) is 12.1. The predicted molar refractivity (Wildman–Crippen MR) is 82.7 cm³/mol. The van der Waals surface area contributed by atoms with Gasteiger partial charge in [-0.05, 0) is 19.2 Å². The number of nitrogens with zero attached hydrogens (tertiary/aromatic N) is 3. The Morgan fingerprint density at radius 2 is 2.16 bits per heavy atom. The molecule has 0 aliphatic carbocycles. The average Bonchev–Trinajstić information content (AvgIpc) is 2.45. The van der Waals surface area contributed by atoms with Crippen molar-refractivity contribution in [3.05, 3.63) is 36.0 Å². The van der Waals surface area contributed by atoms with E-state index in [9.17, 15) is 5.26 Å². The number of pyridine rings is 1. The number of hydrogen-bond acceptors (Lipinski definition) is 4. The number of nitriles is 1. The van der Waals surface area contributed by atoms with Gasteiger partial charge in [0.25, 0.3) is 0 Å². The summed E-state index contributed by atoms with van der Waals surface area (Å²) in [5.41, 5.74) is 2.54. The highest BCUT2D eigenvalue weighted by molar-refractivity contribution is 7.98. The summed E-state index contributed by atoms with van der Waals surface area (Å²) in [6.45, 7) is 2.17. The minimum Gasteiger partial charge on any atom is -0.369 e. The van der Waals surface area contributed by atoms with E-state index in [1.54, 1.807) is 6.20 Å². The second-order valence-electron chi connectivity index (χ2n) is 4.56. The van der Waals surface area contributed by atoms with Gasteiger partial charge in [0.05, 0.1) is 16.8 Å². The topological polar surface area (TPSA) is 39.9 Å². The number of anilines is 1. The van der Waals surface area contributed by atoms with Gasteiger partial charge in [-0.25, -0.2) is 0 Å². The summed E-state index contributed by atoms with van der Waals surface area (Å²) in [6.07, 6.45) is 3.76. The van der Waals surface area contributed by atoms with Crippen molar-refractivity contribution in [2.24, 2.45) is 0 Å². The van der Waals surface area contributed by atoms with Gasteiger partial charge in [0.1, 0.15) is 6.07 Å². The van der Waals surface area contributed by atoms with Crippen molar-refractivity contribution in [3.8, 4) is 6.07 Å². The van der Waals surface area contributed by atoms with Crippen LogP contribution in [0.2, 0.25) is 0 Å². The van der Waals surface area contributed by atoms with E-state index in [1.807, 2.05) is 43.1 Å². The van der Waals surface area contributed by atoms with Crippen molar-refractivity contribution in [1.29, 1.82) is 5.26 Å². The van der Waals surface area contributed by atoms with E-state index in [2.05, 4.69) is 29.1 Å². The molecule has 0 aliphatic heterocycles. The smallest absolute Gasteiger partial charge is 0.103 e. The summed E-state index contributed by atoms with van der Waals surface area (Å²) in [5.74, 6) is 1.03. The lowest BCUT2D eigenvalue weighted by Crippen LogP contribution is -2.31. The Kier molecular flexibility index (Phi) is 4.28. The Labute approximate surface area is 118 Å². The third-order valence-electron chi connectivity index (χ3n) is 3.29. The number of para-hydroxylation sites is 1. The van der Waals surface area contributed by atoms with Crippen LogP contribution in [0.5, 0.6) is 0 Å². The molecule has 0 spiro atoms. The number of hydrogen-bond donors (Lipinski definition) is 0. The first-order valence-electron chi connectivity index (χ1n) is 6.18. The first-order valence-corrected chi connectivity index (χ1v) is 7.58. The van der Waals surface area contributed by atoms with Gasteiger partial charge >= 0.3 is 0 Å². The van der Waals surface area contributed by atoms with E-state index in [4.69, 9.17) is 0 Å². The Hall–Kier alpha value is -1.73. The van der Waals surface area contributed by atoms with Crippen LogP contribution in [0.15, 0.2) is 30.5 Å². The van der Waals surface area contributed by atoms with Gasteiger partial charge in [0.2, 0.25) is 0 Å². The van der Waals surface area contributed by atoms with Crippen LogP contribution in [0, 0.1) is 11.3 Å². The minimum absolute atomic E-state index is 0.368. The lowest BCUT2D eigenvalue weighted by molar-refractivity contribution is 0.767. The second kappa shape index (κ2) is 5.94. The van der Waals surface area contributed by atoms with Gasteiger partial charge < -0.3 is 4.90 Å². The number of fused-ring (bicyclic) bond motifs is 1. The Morgan fingerprint density at radius 3 is 2.84 bits per heavy atom. The highest BCUT2D eigenvalue weighted by atomic mass is 32.2. The maximum atomic E-state index is 9.32. The van der Waals surface area contributed by atoms with Crippen molar-refractivity contribution < 1.29 is 0 Å². The van der Waals surface area contributed by atoms with Crippen LogP contribution in [0.3, 0.4) is 0 Å². The molecule has 98 valence electrons. The zero-order valence-corrected chi connectivity index (χ0v) is 12.2. The molecule has 0 bridgehead atoms. The number of aromatic nitrogens is 1. The molecular formula is C15H17N3S. The van der Waals surface area contributed by atoms with Crippen molar-refractivity contribution in [3.63, 3.8) is 0 Å². The molecule has 2 rings (SSSR count). The largest absolute Gasteiger partial charge is 0.369 e. The van der Waals surface area contributed by atoms with Crippen molar-refractivity contribution >= 4 is 28.4 Å². The highest BCUT2D eigenvalue weighted by Crippen LogP contribution is 2.29. The molecule has 1 aromatic heterocycles. The number of thioether (sulfide) groups is 1. The number of benzene rings is 1. The molecule has 0 amide bonds. The molecule has 4 heteroatoms. The van der Waals surface area contributed by atoms with E-state index in [0.29, 0.717) is 11.6 Å². The van der Waals surface area contributed by atoms with Gasteiger partial charge in [-0.3, -0.25) is 4.98 Å². The first-order chi connectivity index (χ1) is 9.19. The fraction of sp³-hybridized carbons (Fsp3) is 0.333. The molecule has 0 aliphatic rings. The quantitative estimate of drug-likeness (QED) is 0.855. The van der Waals surface area contributed by atoms with Crippen molar-refractivity contribution in [2.45, 2.75) is 13.0 Å². The average molecular weight is 271 g/mol. The van der Waals surface area contributed by atoms with Gasteiger partial charge in [0.15, 0.2) is 0 Å². The third kappa shape index (κ3) is 2.66. The van der Waals surface area contributed by atoms with Crippen LogP contribution in [0.1, 0.15) is 12.5 Å². The lowest BCUT2D eigenvalue weighted by Gasteiger charge is -2.28. The van der Waals surface area contributed by atoms with Crippen molar-refractivity contribution in [1.82, 2.24) is 4.98 Å². The van der Waals surface area contributed by atoms with Gasteiger partial charge in [-0.15, -0.1) is 0 Å². The highest BCUT2D eigenvalue weighted by Gasteiger charge is 2.16. The standard InChI is InChI=1S/C15H17N3S/c1-11(10-19-3)18(2)15-12(8-16)9-17-14-7-5-4-6-13(14)15/h4-7,9,11H,10H2,1-3H3. The van der Waals surface area contributed by atoms with E-state index >= 15 is 0 Å². The molecule has 3 nitrogen and oxygen atoms in total. The molecule has 1 aromatic carbocycles. The molecular weight excluding hydrogens is 254 g/mol. The maximum absolute atomic E-state index is 9.32. The minimum atomic E-state index is 0.368. The van der Waals surface area contributed by atoms with E-state index in [1.165, 1.54) is 0 Å². The van der Waals surface area contributed by atoms with E-state index in [-0.39, 0.29) is 0 Å². The summed E-state index contributed by atoms with van der Waals surface area (Å²) in [6, 6.07) is 10.6. The molecule has 0 fully saturated rings. The summed E-state index contributed by atoms with van der Waals surface area (Å²) in [5, 5.41) is 10.4. The van der Waals surface area contributed by atoms with Crippen LogP contribution in [0.25, 0.3) is 10.9 Å². The fourth-order valence-electron chi connectivity index (χ4n) is 2.16. The maximum Gasteiger partial charge on any atom is 0.103 e. The lowest BCUT2D eigenvalue weighted by atomic mass is 10.1. The molecule has 0 N–H and O–H groups in total. The monoisotopic (exact) mass is 271 g/mol. The number of rotatable bonds is 4. The van der Waals surface area contributed by atoms with Gasteiger partial charge in [-0.2, -0.15) is 17.0 Å². The Bertz CT molecular complexity index is 618. The third-order valence-corrected chi connectivity index (χ3v) is 4.10. The van der Waals surface area contributed by atoms with Crippen LogP contribution in [0.4, 0.5) is 5.69 Å². The molecule has 1 heterocycles. The summed E-state index contributed by atoms with van der Waals surface area (Å²) in [4.78, 5) is 6.53. The van der Waals surface area contributed by atoms with Crippen LogP contribution >= 0.6 is 11.8 Å². The van der Waals surface area contributed by atoms with E-state index in [0.717, 1.165) is 22.3 Å². The van der Waals surface area contributed by atoms with Crippen LogP contribution in [-0.2, 0) is 0 Å². The molecule has 0 radical (unpaired) electrons. The Balaban J connectivity index is 2.59. The van der Waals surface area contributed by atoms with E-state index < -0.39 is 0 Å². The zero-order chi connectivity index (χ0) is 13.8. The summed E-state index contributed by atoms with van der Waals surface area (Å²) in [7, 11) is 2.05. The molecule has 1 atom stereocenters. The first kappa shape index (κ1) is 13.7. The van der Waals surface area contributed by atoms with Crippen molar-refractivity contribution in [2.75, 3.05) is 24.0 Å². The molecule has 1 unspecified atom stereocenters. The van der Waals surface area contributed by atoms with Crippen LogP contribution < -0.4 is 4.90 Å². The Morgan fingerprint density at radius 1 is 1.42 bits per heavy atom. The zero-order valence-electron chi connectivity index (χ0n) is 11.4. The van der Waals surface area contributed by atoms with Crippen LogP contribution in [-0.4, -0.2) is 30.1 Å². The van der Waals surface area contributed by atoms with Gasteiger partial charge in [0, 0.05) is 30.4 Å². The predicted octanol–water partition coefficient (Wildman–Crippen LogP) is 3.29. The summed E-state index contributed by atoms with van der Waals surface area (Å²) >= 11 is 1.81. The SMILES string of the molecule is CSCC(C)N(C)c1c(C#N)cnc2ccccc12.